The summed E-state index contributed by atoms with van der Waals surface area (Å²) in [6.07, 6.45) is 1.16. The number of carbonyl (C=O) groups excluding carboxylic acids is 3. The number of benzene rings is 2. The van der Waals surface area contributed by atoms with Gasteiger partial charge in [0.1, 0.15) is 0 Å². The molecular weight excluding hydrogens is 378 g/mol. The lowest BCUT2D eigenvalue weighted by Gasteiger charge is -2.12. The Kier molecular flexibility index (Phi) is 8.49. The molecule has 0 atom stereocenters. The summed E-state index contributed by atoms with van der Waals surface area (Å²) in [6.45, 7) is 2.70. The third-order valence-corrected chi connectivity index (χ3v) is 4.15. The van der Waals surface area contributed by atoms with Crippen molar-refractivity contribution in [3.63, 3.8) is 0 Å². The largest absolute Gasteiger partial charge is 0.355 e. The van der Waals surface area contributed by atoms with Gasteiger partial charge in [-0.05, 0) is 30.2 Å². The van der Waals surface area contributed by atoms with Crippen LogP contribution in [0.3, 0.4) is 0 Å². The van der Waals surface area contributed by atoms with Gasteiger partial charge in [-0.25, -0.2) is 0 Å². The Bertz CT molecular complexity index is 825. The second-order valence-corrected chi connectivity index (χ2v) is 6.69. The fourth-order valence-corrected chi connectivity index (χ4v) is 2.70. The number of nitrogens with one attached hydrogen (secondary N) is 3. The molecule has 2 aromatic rings. The molecule has 148 valence electrons. The van der Waals surface area contributed by atoms with E-state index in [1.54, 1.807) is 12.1 Å². The Hall–Kier alpha value is -2.86. The van der Waals surface area contributed by atoms with Crippen molar-refractivity contribution in [2.24, 2.45) is 0 Å². The Balaban J connectivity index is 1.86. The summed E-state index contributed by atoms with van der Waals surface area (Å²) in [5.41, 5.74) is 1.60. The topological polar surface area (TPSA) is 87.3 Å². The summed E-state index contributed by atoms with van der Waals surface area (Å²) in [5.74, 6) is -0.738. The molecule has 2 rings (SSSR count). The lowest BCUT2D eigenvalue weighted by molar-refractivity contribution is -0.120. The first-order valence-electron chi connectivity index (χ1n) is 9.17. The summed E-state index contributed by atoms with van der Waals surface area (Å²) in [5, 5.41) is 8.60. The van der Waals surface area contributed by atoms with Gasteiger partial charge in [-0.1, -0.05) is 48.9 Å². The van der Waals surface area contributed by atoms with Gasteiger partial charge in [0.25, 0.3) is 5.91 Å². The highest BCUT2D eigenvalue weighted by atomic mass is 35.5. The first-order chi connectivity index (χ1) is 13.5. The smallest absolute Gasteiger partial charge is 0.253 e. The molecule has 0 bridgehead atoms. The fraction of sp³-hybridized carbons (Fsp3) is 0.286. The Morgan fingerprint density at radius 1 is 0.929 bits per heavy atom. The molecule has 0 saturated carbocycles. The zero-order valence-electron chi connectivity index (χ0n) is 15.8. The summed E-state index contributed by atoms with van der Waals surface area (Å²) < 4.78 is 0. The van der Waals surface area contributed by atoms with Crippen LogP contribution in [-0.2, 0) is 16.0 Å². The lowest BCUT2D eigenvalue weighted by Crippen LogP contribution is -2.29. The molecule has 0 saturated heterocycles. The highest BCUT2D eigenvalue weighted by Gasteiger charge is 2.14. The molecule has 3 amide bonds. The molecule has 0 aliphatic carbocycles. The third kappa shape index (κ3) is 7.04. The van der Waals surface area contributed by atoms with Gasteiger partial charge < -0.3 is 16.0 Å². The van der Waals surface area contributed by atoms with E-state index in [0.717, 1.165) is 12.0 Å². The van der Waals surface area contributed by atoms with Gasteiger partial charge in [0.2, 0.25) is 11.8 Å². The Labute approximate surface area is 169 Å². The minimum Gasteiger partial charge on any atom is -0.355 e. The monoisotopic (exact) mass is 401 g/mol. The molecule has 0 aliphatic heterocycles. The fourth-order valence-electron chi connectivity index (χ4n) is 2.52. The number of amides is 3. The standard InChI is InChI=1S/C21H24ClN3O3/c1-2-11-24-21(28)17-9-8-16(22)14-18(17)25-19(26)10-12-23-20(27)13-15-6-4-3-5-7-15/h3-9,14H,2,10-13H2,1H3,(H,23,27)(H,24,28)(H,25,26). The van der Waals surface area contributed by atoms with E-state index in [0.29, 0.717) is 22.8 Å². The van der Waals surface area contributed by atoms with Crippen LogP contribution >= 0.6 is 11.6 Å². The molecule has 28 heavy (non-hydrogen) atoms. The summed E-state index contributed by atoms with van der Waals surface area (Å²) >= 11 is 5.99. The van der Waals surface area contributed by atoms with E-state index in [9.17, 15) is 14.4 Å². The van der Waals surface area contributed by atoms with Crippen LogP contribution in [0.5, 0.6) is 0 Å². The van der Waals surface area contributed by atoms with E-state index in [1.165, 1.54) is 6.07 Å². The van der Waals surface area contributed by atoms with E-state index >= 15 is 0 Å². The van der Waals surface area contributed by atoms with Gasteiger partial charge in [0.05, 0.1) is 17.7 Å². The van der Waals surface area contributed by atoms with E-state index in [4.69, 9.17) is 11.6 Å². The van der Waals surface area contributed by atoms with Crippen molar-refractivity contribution < 1.29 is 14.4 Å². The number of anilines is 1. The van der Waals surface area contributed by atoms with E-state index in [-0.39, 0.29) is 37.1 Å². The highest BCUT2D eigenvalue weighted by molar-refractivity contribution is 6.31. The van der Waals surface area contributed by atoms with E-state index in [2.05, 4.69) is 16.0 Å². The van der Waals surface area contributed by atoms with Crippen LogP contribution in [0.4, 0.5) is 5.69 Å². The second kappa shape index (κ2) is 11.1. The zero-order chi connectivity index (χ0) is 20.4. The Morgan fingerprint density at radius 2 is 1.68 bits per heavy atom. The van der Waals surface area contributed by atoms with Gasteiger partial charge in [-0.2, -0.15) is 0 Å². The molecule has 0 heterocycles. The van der Waals surface area contributed by atoms with Gasteiger partial charge in [-0.15, -0.1) is 0 Å². The average Bonchev–Trinajstić information content (AvgIpc) is 2.67. The van der Waals surface area contributed by atoms with Crippen molar-refractivity contribution in [3.8, 4) is 0 Å². The van der Waals surface area contributed by atoms with Crippen LogP contribution in [0.15, 0.2) is 48.5 Å². The maximum Gasteiger partial charge on any atom is 0.253 e. The minimum atomic E-state index is -0.313. The SMILES string of the molecule is CCCNC(=O)c1ccc(Cl)cc1NC(=O)CCNC(=O)Cc1ccccc1. The lowest BCUT2D eigenvalue weighted by atomic mass is 10.1. The second-order valence-electron chi connectivity index (χ2n) is 6.26. The first-order valence-corrected chi connectivity index (χ1v) is 9.55. The number of hydrogen-bond donors (Lipinski definition) is 3. The van der Waals surface area contributed by atoms with Gasteiger partial charge >= 0.3 is 0 Å². The third-order valence-electron chi connectivity index (χ3n) is 3.92. The molecule has 0 spiro atoms. The van der Waals surface area contributed by atoms with Crippen LogP contribution in [0.1, 0.15) is 35.7 Å². The van der Waals surface area contributed by atoms with E-state index < -0.39 is 0 Å². The average molecular weight is 402 g/mol. The number of halogens is 1. The van der Waals surface area contributed by atoms with Crippen LogP contribution in [0, 0.1) is 0 Å². The Morgan fingerprint density at radius 3 is 2.39 bits per heavy atom. The minimum absolute atomic E-state index is 0.0864. The molecular formula is C21H24ClN3O3. The van der Waals surface area contributed by atoms with Crippen LogP contribution in [-0.4, -0.2) is 30.8 Å². The van der Waals surface area contributed by atoms with Crippen molar-refractivity contribution >= 4 is 35.0 Å². The molecule has 0 radical (unpaired) electrons. The van der Waals surface area contributed by atoms with Gasteiger partial charge in [-0.3, -0.25) is 14.4 Å². The number of hydrogen-bond acceptors (Lipinski definition) is 3. The molecule has 0 aromatic heterocycles. The van der Waals surface area contributed by atoms with E-state index in [1.807, 2.05) is 37.3 Å². The number of rotatable bonds is 9. The van der Waals surface area contributed by atoms with Crippen molar-refractivity contribution in [2.75, 3.05) is 18.4 Å². The van der Waals surface area contributed by atoms with Crippen molar-refractivity contribution in [2.45, 2.75) is 26.2 Å². The van der Waals surface area contributed by atoms with Gasteiger partial charge in [0.15, 0.2) is 0 Å². The predicted octanol–water partition coefficient (Wildman–Crippen LogP) is 3.17. The number of carbonyl (C=O) groups is 3. The molecule has 6 nitrogen and oxygen atoms in total. The first kappa shape index (κ1) is 21.4. The zero-order valence-corrected chi connectivity index (χ0v) is 16.5. The molecule has 0 fully saturated rings. The maximum absolute atomic E-state index is 12.2. The van der Waals surface area contributed by atoms with Crippen LogP contribution < -0.4 is 16.0 Å². The van der Waals surface area contributed by atoms with Crippen LogP contribution in [0.2, 0.25) is 5.02 Å². The van der Waals surface area contributed by atoms with Crippen molar-refractivity contribution in [1.82, 2.24) is 10.6 Å². The predicted molar refractivity (Wildman–Crippen MR) is 110 cm³/mol. The summed E-state index contributed by atoms with van der Waals surface area (Å²) in [6, 6.07) is 14.1. The molecule has 0 unspecified atom stereocenters. The van der Waals surface area contributed by atoms with Gasteiger partial charge in [0, 0.05) is 24.5 Å². The van der Waals surface area contributed by atoms with Crippen molar-refractivity contribution in [3.05, 3.63) is 64.7 Å². The molecule has 0 aliphatic rings. The van der Waals surface area contributed by atoms with Crippen molar-refractivity contribution in [1.29, 1.82) is 0 Å². The molecule has 7 heteroatoms. The highest BCUT2D eigenvalue weighted by Crippen LogP contribution is 2.21. The molecule has 3 N–H and O–H groups in total. The molecule has 2 aromatic carbocycles. The normalized spacial score (nSPS) is 10.2. The summed E-state index contributed by atoms with van der Waals surface area (Å²) in [4.78, 5) is 36.4. The summed E-state index contributed by atoms with van der Waals surface area (Å²) in [7, 11) is 0. The maximum atomic E-state index is 12.2. The quantitative estimate of drug-likeness (QED) is 0.603. The van der Waals surface area contributed by atoms with Crippen LogP contribution in [0.25, 0.3) is 0 Å².